The molecule has 0 aliphatic carbocycles. The third-order valence-electron chi connectivity index (χ3n) is 1.96. The Morgan fingerprint density at radius 2 is 2.31 bits per heavy atom. The molecule has 1 rings (SSSR count). The Bertz CT molecular complexity index is 352. The number of carbonyl (C=O) groups is 1. The zero-order chi connectivity index (χ0) is 12.0. The Morgan fingerprint density at radius 3 is 2.94 bits per heavy atom. The van der Waals surface area contributed by atoms with Crippen LogP contribution in [0.25, 0.3) is 0 Å². The molecule has 16 heavy (non-hydrogen) atoms. The number of rotatable bonds is 6. The molecular formula is C9H17N5OS. The number of nitrogens with zero attached hydrogens (tertiary/aromatic N) is 3. The van der Waals surface area contributed by atoms with Crippen molar-refractivity contribution in [3.63, 3.8) is 0 Å². The molecular weight excluding hydrogens is 226 g/mol. The third-order valence-corrected chi connectivity index (χ3v) is 2.93. The molecule has 1 heterocycles. The Kier molecular flexibility index (Phi) is 5.27. The minimum absolute atomic E-state index is 0.0137. The highest BCUT2D eigenvalue weighted by molar-refractivity contribution is 7.99. The SMILES string of the molecule is CC(=O)NCCSc1nnc(C)n1CCN. The van der Waals surface area contributed by atoms with Gasteiger partial charge in [0.1, 0.15) is 5.82 Å². The molecule has 0 bridgehead atoms. The number of nitrogens with two attached hydrogens (primary N) is 1. The Balaban J connectivity index is 2.43. The largest absolute Gasteiger partial charge is 0.356 e. The molecule has 6 nitrogen and oxygen atoms in total. The van der Waals surface area contributed by atoms with Crippen LogP contribution in [0.1, 0.15) is 12.7 Å². The highest BCUT2D eigenvalue weighted by Gasteiger charge is 2.07. The van der Waals surface area contributed by atoms with E-state index in [1.807, 2.05) is 11.5 Å². The highest BCUT2D eigenvalue weighted by atomic mass is 32.2. The van der Waals surface area contributed by atoms with E-state index >= 15 is 0 Å². The number of amides is 1. The van der Waals surface area contributed by atoms with Gasteiger partial charge in [0, 0.05) is 32.3 Å². The second-order valence-corrected chi connectivity index (χ2v) is 4.36. The zero-order valence-electron chi connectivity index (χ0n) is 9.56. The summed E-state index contributed by atoms with van der Waals surface area (Å²) in [5, 5.41) is 11.6. The summed E-state index contributed by atoms with van der Waals surface area (Å²) >= 11 is 1.57. The monoisotopic (exact) mass is 243 g/mol. The molecule has 0 unspecified atom stereocenters. The molecule has 90 valence electrons. The fourth-order valence-electron chi connectivity index (χ4n) is 1.22. The van der Waals surface area contributed by atoms with Crippen LogP contribution in [0, 0.1) is 6.92 Å². The summed E-state index contributed by atoms with van der Waals surface area (Å²) in [6.07, 6.45) is 0. The summed E-state index contributed by atoms with van der Waals surface area (Å²) in [5.41, 5.74) is 5.51. The van der Waals surface area contributed by atoms with Gasteiger partial charge in [0.05, 0.1) is 0 Å². The minimum Gasteiger partial charge on any atom is -0.356 e. The van der Waals surface area contributed by atoms with E-state index in [-0.39, 0.29) is 5.91 Å². The number of aryl methyl sites for hydroxylation is 1. The van der Waals surface area contributed by atoms with Crippen LogP contribution in [0.3, 0.4) is 0 Å². The maximum absolute atomic E-state index is 10.7. The van der Waals surface area contributed by atoms with Crippen molar-refractivity contribution in [3.8, 4) is 0 Å². The van der Waals surface area contributed by atoms with Gasteiger partial charge < -0.3 is 15.6 Å². The van der Waals surface area contributed by atoms with Crippen molar-refractivity contribution >= 4 is 17.7 Å². The molecule has 0 aromatic carbocycles. The number of hydrogen-bond acceptors (Lipinski definition) is 5. The first-order chi connectivity index (χ1) is 7.65. The number of thioether (sulfide) groups is 1. The third kappa shape index (κ3) is 3.82. The maximum Gasteiger partial charge on any atom is 0.216 e. The van der Waals surface area contributed by atoms with Crippen LogP contribution in [0.2, 0.25) is 0 Å². The zero-order valence-corrected chi connectivity index (χ0v) is 10.4. The van der Waals surface area contributed by atoms with Gasteiger partial charge in [0.25, 0.3) is 0 Å². The van der Waals surface area contributed by atoms with E-state index in [0.29, 0.717) is 13.1 Å². The average molecular weight is 243 g/mol. The first-order valence-corrected chi connectivity index (χ1v) is 6.10. The van der Waals surface area contributed by atoms with Crippen LogP contribution in [0.15, 0.2) is 5.16 Å². The molecule has 7 heteroatoms. The van der Waals surface area contributed by atoms with Gasteiger partial charge in [0.2, 0.25) is 5.91 Å². The summed E-state index contributed by atoms with van der Waals surface area (Å²) in [6.45, 7) is 5.33. The van der Waals surface area contributed by atoms with Gasteiger partial charge in [-0.3, -0.25) is 4.79 Å². The molecule has 1 aromatic rings. The lowest BCUT2D eigenvalue weighted by Crippen LogP contribution is -2.22. The van der Waals surface area contributed by atoms with Crippen molar-refractivity contribution in [1.82, 2.24) is 20.1 Å². The van der Waals surface area contributed by atoms with Gasteiger partial charge in [0.15, 0.2) is 5.16 Å². The predicted octanol–water partition coefficient (Wildman–Crippen LogP) is -0.227. The second kappa shape index (κ2) is 6.49. The van der Waals surface area contributed by atoms with Gasteiger partial charge in [-0.2, -0.15) is 0 Å². The Labute approximate surface area is 99.0 Å². The summed E-state index contributed by atoms with van der Waals surface area (Å²) in [4.78, 5) is 10.7. The molecule has 0 atom stereocenters. The molecule has 1 amide bonds. The van der Waals surface area contributed by atoms with E-state index in [0.717, 1.165) is 23.3 Å². The predicted molar refractivity (Wildman–Crippen MR) is 63.2 cm³/mol. The van der Waals surface area contributed by atoms with Crippen LogP contribution in [-0.4, -0.2) is 39.5 Å². The summed E-state index contributed by atoms with van der Waals surface area (Å²) in [5.74, 6) is 1.63. The standard InChI is InChI=1S/C9H17N5OS/c1-7-12-13-9(14(7)5-3-10)16-6-4-11-8(2)15/h3-6,10H2,1-2H3,(H,11,15). The summed E-state index contributed by atoms with van der Waals surface area (Å²) < 4.78 is 1.98. The van der Waals surface area contributed by atoms with E-state index in [4.69, 9.17) is 5.73 Å². The highest BCUT2D eigenvalue weighted by Crippen LogP contribution is 2.15. The van der Waals surface area contributed by atoms with Crippen LogP contribution >= 0.6 is 11.8 Å². The fraction of sp³-hybridized carbons (Fsp3) is 0.667. The summed E-state index contributed by atoms with van der Waals surface area (Å²) in [6, 6.07) is 0. The number of hydrogen-bond donors (Lipinski definition) is 2. The second-order valence-electron chi connectivity index (χ2n) is 3.30. The smallest absolute Gasteiger partial charge is 0.216 e. The molecule has 3 N–H and O–H groups in total. The molecule has 0 saturated heterocycles. The fourth-order valence-corrected chi connectivity index (χ4v) is 2.09. The first kappa shape index (κ1) is 13.0. The topological polar surface area (TPSA) is 85.8 Å². The quantitative estimate of drug-likeness (QED) is 0.532. The van der Waals surface area contributed by atoms with Crippen molar-refractivity contribution in [1.29, 1.82) is 0 Å². The van der Waals surface area contributed by atoms with Gasteiger partial charge in [-0.25, -0.2) is 0 Å². The molecule has 0 radical (unpaired) electrons. The van der Waals surface area contributed by atoms with E-state index in [9.17, 15) is 4.79 Å². The van der Waals surface area contributed by atoms with Crippen molar-refractivity contribution in [2.24, 2.45) is 5.73 Å². The number of nitrogens with one attached hydrogen (secondary N) is 1. The van der Waals surface area contributed by atoms with Gasteiger partial charge >= 0.3 is 0 Å². The van der Waals surface area contributed by atoms with Gasteiger partial charge in [-0.1, -0.05) is 11.8 Å². The van der Waals surface area contributed by atoms with E-state index in [1.54, 1.807) is 11.8 Å². The average Bonchev–Trinajstić information content (AvgIpc) is 2.56. The van der Waals surface area contributed by atoms with Gasteiger partial charge in [-0.15, -0.1) is 10.2 Å². The lowest BCUT2D eigenvalue weighted by atomic mass is 10.6. The number of aromatic nitrogens is 3. The maximum atomic E-state index is 10.7. The molecule has 0 aliphatic rings. The van der Waals surface area contributed by atoms with E-state index in [1.165, 1.54) is 6.92 Å². The van der Waals surface area contributed by atoms with Crippen molar-refractivity contribution in [2.75, 3.05) is 18.8 Å². The lowest BCUT2D eigenvalue weighted by Gasteiger charge is -2.06. The van der Waals surface area contributed by atoms with Crippen LogP contribution in [0.5, 0.6) is 0 Å². The first-order valence-electron chi connectivity index (χ1n) is 5.12. The minimum atomic E-state index is -0.0137. The van der Waals surface area contributed by atoms with Gasteiger partial charge in [-0.05, 0) is 6.92 Å². The molecule has 0 spiro atoms. The van der Waals surface area contributed by atoms with Crippen molar-refractivity contribution in [2.45, 2.75) is 25.5 Å². The van der Waals surface area contributed by atoms with Crippen molar-refractivity contribution in [3.05, 3.63) is 5.82 Å². The Morgan fingerprint density at radius 1 is 1.56 bits per heavy atom. The van der Waals surface area contributed by atoms with Crippen LogP contribution in [0.4, 0.5) is 0 Å². The molecule has 1 aromatic heterocycles. The van der Waals surface area contributed by atoms with E-state index in [2.05, 4.69) is 15.5 Å². The normalized spacial score (nSPS) is 10.4. The summed E-state index contributed by atoms with van der Waals surface area (Å²) in [7, 11) is 0. The lowest BCUT2D eigenvalue weighted by molar-refractivity contribution is -0.118. The van der Waals surface area contributed by atoms with Crippen LogP contribution in [-0.2, 0) is 11.3 Å². The molecule has 0 fully saturated rings. The number of carbonyl (C=O) groups excluding carboxylic acids is 1. The molecule has 0 aliphatic heterocycles. The molecule has 0 saturated carbocycles. The van der Waals surface area contributed by atoms with E-state index < -0.39 is 0 Å². The Hall–Kier alpha value is -1.08. The van der Waals surface area contributed by atoms with Crippen molar-refractivity contribution < 1.29 is 4.79 Å². The van der Waals surface area contributed by atoms with Crippen LogP contribution < -0.4 is 11.1 Å².